The van der Waals surface area contributed by atoms with Crippen LogP contribution in [0.15, 0.2) is 0 Å². The quantitative estimate of drug-likeness (QED) is 0.534. The lowest BCUT2D eigenvalue weighted by molar-refractivity contribution is -0.159. The van der Waals surface area contributed by atoms with Gasteiger partial charge in [-0.25, -0.2) is 0 Å². The van der Waals surface area contributed by atoms with Crippen LogP contribution in [0.25, 0.3) is 0 Å². The standard InChI is InChI=1S/C13H22O3/c1-4-16-12(15)13(9-7-10(2)3)8-5-6-11(13)14/h10H,4-9H2,1-3H3. The van der Waals surface area contributed by atoms with Crippen LogP contribution in [0.4, 0.5) is 0 Å². The Morgan fingerprint density at radius 3 is 2.62 bits per heavy atom. The highest BCUT2D eigenvalue weighted by atomic mass is 16.5. The maximum absolute atomic E-state index is 11.9. The zero-order chi connectivity index (χ0) is 12.2. The fraction of sp³-hybridized carbons (Fsp3) is 0.846. The van der Waals surface area contributed by atoms with Gasteiger partial charge in [-0.2, -0.15) is 0 Å². The Balaban J connectivity index is 2.76. The van der Waals surface area contributed by atoms with Crippen LogP contribution in [0.5, 0.6) is 0 Å². The molecule has 0 saturated heterocycles. The van der Waals surface area contributed by atoms with Crippen molar-refractivity contribution in [1.29, 1.82) is 0 Å². The topological polar surface area (TPSA) is 43.4 Å². The molecular weight excluding hydrogens is 204 g/mol. The SMILES string of the molecule is CCOC(=O)C1(CCC(C)C)CCCC1=O. The third-order valence-electron chi connectivity index (χ3n) is 3.36. The van der Waals surface area contributed by atoms with E-state index in [-0.39, 0.29) is 11.8 Å². The lowest BCUT2D eigenvalue weighted by Crippen LogP contribution is -2.37. The number of carbonyl (C=O) groups excluding carboxylic acids is 2. The van der Waals surface area contributed by atoms with Crippen molar-refractivity contribution in [2.75, 3.05) is 6.61 Å². The minimum atomic E-state index is -0.805. The molecule has 0 N–H and O–H groups in total. The minimum absolute atomic E-state index is 0.0894. The second kappa shape index (κ2) is 5.46. The first-order valence-corrected chi connectivity index (χ1v) is 6.23. The fourth-order valence-electron chi connectivity index (χ4n) is 2.32. The van der Waals surface area contributed by atoms with Gasteiger partial charge in [0.2, 0.25) is 0 Å². The van der Waals surface area contributed by atoms with E-state index in [1.165, 1.54) is 0 Å². The highest BCUT2D eigenvalue weighted by molar-refractivity contribution is 6.05. The van der Waals surface area contributed by atoms with Crippen molar-refractivity contribution in [3.05, 3.63) is 0 Å². The molecule has 3 heteroatoms. The summed E-state index contributed by atoms with van der Waals surface area (Å²) >= 11 is 0. The van der Waals surface area contributed by atoms with Gasteiger partial charge >= 0.3 is 5.97 Å². The van der Waals surface area contributed by atoms with Crippen LogP contribution in [-0.2, 0) is 14.3 Å². The van der Waals surface area contributed by atoms with Gasteiger partial charge in [-0.15, -0.1) is 0 Å². The number of carbonyl (C=O) groups is 2. The Bertz CT molecular complexity index is 270. The molecule has 0 aliphatic heterocycles. The summed E-state index contributed by atoms with van der Waals surface area (Å²) in [6, 6.07) is 0. The number of hydrogen-bond acceptors (Lipinski definition) is 3. The van der Waals surface area contributed by atoms with E-state index in [0.29, 0.717) is 31.8 Å². The van der Waals surface area contributed by atoms with Crippen LogP contribution in [0.2, 0.25) is 0 Å². The van der Waals surface area contributed by atoms with Gasteiger partial charge in [-0.05, 0) is 38.5 Å². The summed E-state index contributed by atoms with van der Waals surface area (Å²) in [5, 5.41) is 0. The fourth-order valence-corrected chi connectivity index (χ4v) is 2.32. The Kier molecular flexibility index (Phi) is 4.51. The van der Waals surface area contributed by atoms with Gasteiger partial charge < -0.3 is 4.74 Å². The molecule has 0 heterocycles. The second-order valence-corrected chi connectivity index (χ2v) is 5.01. The maximum Gasteiger partial charge on any atom is 0.319 e. The van der Waals surface area contributed by atoms with Crippen LogP contribution < -0.4 is 0 Å². The average Bonchev–Trinajstić information content (AvgIpc) is 2.58. The van der Waals surface area contributed by atoms with Crippen LogP contribution in [0, 0.1) is 11.3 Å². The van der Waals surface area contributed by atoms with Crippen molar-refractivity contribution in [3.8, 4) is 0 Å². The minimum Gasteiger partial charge on any atom is -0.465 e. The van der Waals surface area contributed by atoms with Gasteiger partial charge in [0.05, 0.1) is 6.61 Å². The lowest BCUT2D eigenvalue weighted by Gasteiger charge is -2.25. The summed E-state index contributed by atoms with van der Waals surface area (Å²) in [4.78, 5) is 23.9. The predicted molar refractivity (Wildman–Crippen MR) is 62.0 cm³/mol. The van der Waals surface area contributed by atoms with E-state index in [0.717, 1.165) is 12.8 Å². The molecule has 1 fully saturated rings. The highest BCUT2D eigenvalue weighted by Crippen LogP contribution is 2.41. The van der Waals surface area contributed by atoms with E-state index < -0.39 is 5.41 Å². The van der Waals surface area contributed by atoms with Crippen LogP contribution in [0.3, 0.4) is 0 Å². The van der Waals surface area contributed by atoms with E-state index in [1.807, 2.05) is 0 Å². The van der Waals surface area contributed by atoms with Crippen LogP contribution >= 0.6 is 0 Å². The zero-order valence-corrected chi connectivity index (χ0v) is 10.5. The summed E-state index contributed by atoms with van der Waals surface area (Å²) in [5.41, 5.74) is -0.805. The van der Waals surface area contributed by atoms with Gasteiger partial charge in [-0.1, -0.05) is 13.8 Å². The molecule has 0 spiro atoms. The molecule has 0 aromatic rings. The number of rotatable bonds is 5. The maximum atomic E-state index is 11.9. The van der Waals surface area contributed by atoms with Gasteiger partial charge in [0.1, 0.15) is 11.2 Å². The summed E-state index contributed by atoms with van der Waals surface area (Å²) in [7, 11) is 0. The smallest absolute Gasteiger partial charge is 0.319 e. The Morgan fingerprint density at radius 2 is 2.19 bits per heavy atom. The molecular formula is C13H22O3. The van der Waals surface area contributed by atoms with E-state index in [4.69, 9.17) is 4.74 Å². The molecule has 1 rings (SSSR count). The van der Waals surface area contributed by atoms with E-state index in [1.54, 1.807) is 6.92 Å². The molecule has 1 aliphatic carbocycles. The number of ketones is 1. The Labute approximate surface area is 97.5 Å². The summed E-state index contributed by atoms with van der Waals surface area (Å²) in [5.74, 6) is 0.310. The van der Waals surface area contributed by atoms with Gasteiger partial charge in [0.15, 0.2) is 0 Å². The summed E-state index contributed by atoms with van der Waals surface area (Å²) in [6.45, 7) is 6.36. The molecule has 1 atom stereocenters. The lowest BCUT2D eigenvalue weighted by atomic mass is 9.79. The van der Waals surface area contributed by atoms with Gasteiger partial charge in [0, 0.05) is 6.42 Å². The molecule has 1 saturated carbocycles. The third kappa shape index (κ3) is 2.63. The van der Waals surface area contributed by atoms with Crippen molar-refractivity contribution in [3.63, 3.8) is 0 Å². The molecule has 16 heavy (non-hydrogen) atoms. The first-order chi connectivity index (χ1) is 7.53. The third-order valence-corrected chi connectivity index (χ3v) is 3.36. The van der Waals surface area contributed by atoms with Gasteiger partial charge in [0.25, 0.3) is 0 Å². The molecule has 92 valence electrons. The van der Waals surface area contributed by atoms with E-state index in [2.05, 4.69) is 13.8 Å². The van der Waals surface area contributed by atoms with Crippen molar-refractivity contribution in [2.45, 2.75) is 52.9 Å². The average molecular weight is 226 g/mol. The van der Waals surface area contributed by atoms with E-state index in [9.17, 15) is 9.59 Å². The molecule has 1 aliphatic rings. The first-order valence-electron chi connectivity index (χ1n) is 6.23. The molecule has 0 bridgehead atoms. The molecule has 1 unspecified atom stereocenters. The second-order valence-electron chi connectivity index (χ2n) is 5.01. The Hall–Kier alpha value is -0.860. The van der Waals surface area contributed by atoms with Crippen molar-refractivity contribution in [2.24, 2.45) is 11.3 Å². The number of hydrogen-bond donors (Lipinski definition) is 0. The molecule has 3 nitrogen and oxygen atoms in total. The van der Waals surface area contributed by atoms with Crippen LogP contribution in [0.1, 0.15) is 52.9 Å². The monoisotopic (exact) mass is 226 g/mol. The van der Waals surface area contributed by atoms with Crippen molar-refractivity contribution in [1.82, 2.24) is 0 Å². The van der Waals surface area contributed by atoms with Gasteiger partial charge in [-0.3, -0.25) is 9.59 Å². The number of ether oxygens (including phenoxy) is 1. The normalized spacial score (nSPS) is 25.1. The van der Waals surface area contributed by atoms with Crippen molar-refractivity contribution >= 4 is 11.8 Å². The molecule has 0 aromatic heterocycles. The number of Topliss-reactive ketones (excluding diaryl/α,β-unsaturated/α-hetero) is 1. The molecule has 0 amide bonds. The summed E-state index contributed by atoms with van der Waals surface area (Å²) in [6.07, 6.45) is 3.61. The van der Waals surface area contributed by atoms with E-state index >= 15 is 0 Å². The largest absolute Gasteiger partial charge is 0.465 e. The molecule has 0 aromatic carbocycles. The summed E-state index contributed by atoms with van der Waals surface area (Å²) < 4.78 is 5.07. The van der Waals surface area contributed by atoms with Crippen LogP contribution in [-0.4, -0.2) is 18.4 Å². The molecule has 0 radical (unpaired) electrons. The number of esters is 1. The Morgan fingerprint density at radius 1 is 1.50 bits per heavy atom. The predicted octanol–water partition coefficient (Wildman–Crippen LogP) is 2.73. The highest BCUT2D eigenvalue weighted by Gasteiger charge is 2.49. The van der Waals surface area contributed by atoms with Crippen molar-refractivity contribution < 1.29 is 14.3 Å². The first kappa shape index (κ1) is 13.2. The zero-order valence-electron chi connectivity index (χ0n) is 10.5.